The molecule has 132 valence electrons. The fourth-order valence-electron chi connectivity index (χ4n) is 3.10. The van der Waals surface area contributed by atoms with Crippen LogP contribution in [-0.2, 0) is 16.9 Å². The Labute approximate surface area is 153 Å². The summed E-state index contributed by atoms with van der Waals surface area (Å²) in [5, 5.41) is 10.6. The highest BCUT2D eigenvalue weighted by Gasteiger charge is 2.51. The lowest BCUT2D eigenvalue weighted by Crippen LogP contribution is -2.43. The Balaban J connectivity index is 1.60. The van der Waals surface area contributed by atoms with E-state index < -0.39 is 11.6 Å². The number of carbonyl (C=O) groups is 2. The number of aromatic nitrogens is 2. The minimum absolute atomic E-state index is 0.0591. The lowest BCUT2D eigenvalue weighted by molar-refractivity contribution is -0.132. The van der Waals surface area contributed by atoms with E-state index in [1.807, 2.05) is 54.1 Å². The topological polar surface area (TPSA) is 88.3 Å². The zero-order valence-electron chi connectivity index (χ0n) is 14.0. The van der Waals surface area contributed by atoms with Gasteiger partial charge in [0.05, 0.1) is 0 Å². The summed E-state index contributed by atoms with van der Waals surface area (Å²) in [4.78, 5) is 31.0. The molecule has 1 N–H and O–H groups in total. The predicted molar refractivity (Wildman–Crippen MR) is 95.1 cm³/mol. The highest BCUT2D eigenvalue weighted by Crippen LogP contribution is 2.33. The van der Waals surface area contributed by atoms with Crippen LogP contribution >= 0.6 is 11.3 Å². The van der Waals surface area contributed by atoms with Gasteiger partial charge in [0, 0.05) is 10.9 Å². The molecule has 0 radical (unpaired) electrons. The van der Waals surface area contributed by atoms with Crippen molar-refractivity contribution >= 4 is 23.3 Å². The molecule has 0 bridgehead atoms. The third-order valence-corrected chi connectivity index (χ3v) is 5.20. The van der Waals surface area contributed by atoms with Crippen LogP contribution < -0.4 is 5.32 Å². The van der Waals surface area contributed by atoms with Crippen LogP contribution in [0.1, 0.15) is 24.8 Å². The fourth-order valence-corrected chi connectivity index (χ4v) is 3.73. The van der Waals surface area contributed by atoms with Crippen molar-refractivity contribution in [1.82, 2.24) is 20.4 Å². The number of hydrogen-bond donors (Lipinski definition) is 1. The number of imide groups is 1. The number of hydrogen-bond acceptors (Lipinski definition) is 6. The van der Waals surface area contributed by atoms with Crippen LogP contribution in [0.3, 0.4) is 0 Å². The highest BCUT2D eigenvalue weighted by molar-refractivity contribution is 7.08. The van der Waals surface area contributed by atoms with Crippen molar-refractivity contribution in [3.05, 3.63) is 58.6 Å². The molecule has 3 heterocycles. The molecule has 3 aromatic rings. The van der Waals surface area contributed by atoms with Crippen molar-refractivity contribution in [3.8, 4) is 11.4 Å². The molecule has 1 atom stereocenters. The van der Waals surface area contributed by atoms with E-state index >= 15 is 0 Å². The highest BCUT2D eigenvalue weighted by atomic mass is 32.1. The zero-order valence-corrected chi connectivity index (χ0v) is 14.8. The SMILES string of the molecule is CC[C@@]1(c2ccccc2)NC(=O)N(Cc2nc(-c3ccsc3)no2)C1=O. The van der Waals surface area contributed by atoms with Gasteiger partial charge in [0.1, 0.15) is 12.1 Å². The van der Waals surface area contributed by atoms with Crippen molar-refractivity contribution in [1.29, 1.82) is 0 Å². The average Bonchev–Trinajstić information content (AvgIpc) is 3.39. The van der Waals surface area contributed by atoms with E-state index in [1.54, 1.807) is 0 Å². The summed E-state index contributed by atoms with van der Waals surface area (Å²) in [5.74, 6) is 0.347. The second-order valence-electron chi connectivity index (χ2n) is 5.97. The lowest BCUT2D eigenvalue weighted by atomic mass is 9.87. The molecule has 0 unspecified atom stereocenters. The molecule has 1 fully saturated rings. The van der Waals surface area contributed by atoms with Crippen LogP contribution in [0.25, 0.3) is 11.4 Å². The number of rotatable bonds is 5. The third-order valence-electron chi connectivity index (χ3n) is 4.51. The average molecular weight is 368 g/mol. The van der Waals surface area contributed by atoms with Gasteiger partial charge >= 0.3 is 6.03 Å². The summed E-state index contributed by atoms with van der Waals surface area (Å²) in [6.45, 7) is 1.81. The van der Waals surface area contributed by atoms with Crippen molar-refractivity contribution in [3.63, 3.8) is 0 Å². The molecule has 26 heavy (non-hydrogen) atoms. The zero-order chi connectivity index (χ0) is 18.1. The van der Waals surface area contributed by atoms with E-state index in [-0.39, 0.29) is 18.3 Å². The Hall–Kier alpha value is -3.00. The molecular formula is C18H16N4O3S. The molecular weight excluding hydrogens is 352 g/mol. The quantitative estimate of drug-likeness (QED) is 0.699. The summed E-state index contributed by atoms with van der Waals surface area (Å²) < 4.78 is 5.22. The maximum Gasteiger partial charge on any atom is 0.325 e. The number of nitrogens with zero attached hydrogens (tertiary/aromatic N) is 3. The monoisotopic (exact) mass is 368 g/mol. The van der Waals surface area contributed by atoms with E-state index in [9.17, 15) is 9.59 Å². The molecule has 7 nitrogen and oxygen atoms in total. The molecule has 1 aliphatic rings. The summed E-state index contributed by atoms with van der Waals surface area (Å²) in [5.41, 5.74) is 0.538. The molecule has 3 amide bonds. The van der Waals surface area contributed by atoms with Crippen molar-refractivity contribution < 1.29 is 14.1 Å². The minimum Gasteiger partial charge on any atom is -0.337 e. The Morgan fingerprint density at radius 2 is 2.04 bits per heavy atom. The van der Waals surface area contributed by atoms with E-state index in [0.29, 0.717) is 12.2 Å². The summed E-state index contributed by atoms with van der Waals surface area (Å²) in [7, 11) is 0. The van der Waals surface area contributed by atoms with Gasteiger partial charge < -0.3 is 9.84 Å². The summed E-state index contributed by atoms with van der Waals surface area (Å²) in [6, 6.07) is 10.7. The molecule has 0 spiro atoms. The van der Waals surface area contributed by atoms with Gasteiger partial charge in [0.2, 0.25) is 11.7 Å². The Morgan fingerprint density at radius 1 is 1.23 bits per heavy atom. The van der Waals surface area contributed by atoms with Gasteiger partial charge in [0.15, 0.2) is 0 Å². The van der Waals surface area contributed by atoms with Crippen molar-refractivity contribution in [2.24, 2.45) is 0 Å². The fraction of sp³-hybridized carbons (Fsp3) is 0.222. The smallest absolute Gasteiger partial charge is 0.325 e. The van der Waals surface area contributed by atoms with Gasteiger partial charge in [-0.3, -0.25) is 9.69 Å². The van der Waals surface area contributed by atoms with Crippen molar-refractivity contribution in [2.75, 3.05) is 0 Å². The van der Waals surface area contributed by atoms with Gasteiger partial charge in [-0.15, -0.1) is 0 Å². The molecule has 1 aromatic carbocycles. The number of nitrogens with one attached hydrogen (secondary N) is 1. The standard InChI is InChI=1S/C18H16N4O3S/c1-2-18(13-6-4-3-5-7-13)16(23)22(17(24)20-18)10-14-19-15(21-25-14)12-8-9-26-11-12/h3-9,11H,2,10H2,1H3,(H,20,24)/t18-/m0/s1. The van der Waals surface area contributed by atoms with Gasteiger partial charge in [0.25, 0.3) is 5.91 Å². The maximum absolute atomic E-state index is 13.1. The molecule has 4 rings (SSSR count). The molecule has 0 aliphatic carbocycles. The molecule has 2 aromatic heterocycles. The number of thiophene rings is 1. The van der Waals surface area contributed by atoms with Crippen LogP contribution in [0, 0.1) is 0 Å². The van der Waals surface area contributed by atoms with Crippen LogP contribution in [0.4, 0.5) is 4.79 Å². The molecule has 0 saturated carbocycles. The largest absolute Gasteiger partial charge is 0.337 e. The van der Waals surface area contributed by atoms with Gasteiger partial charge in [-0.05, 0) is 23.4 Å². The van der Waals surface area contributed by atoms with Gasteiger partial charge in [-0.2, -0.15) is 16.3 Å². The number of amides is 3. The summed E-state index contributed by atoms with van der Waals surface area (Å²) >= 11 is 1.53. The van der Waals surface area contributed by atoms with Crippen LogP contribution in [-0.4, -0.2) is 27.0 Å². The minimum atomic E-state index is -1.06. The van der Waals surface area contributed by atoms with E-state index in [0.717, 1.165) is 16.0 Å². The van der Waals surface area contributed by atoms with Gasteiger partial charge in [-0.25, -0.2) is 4.79 Å². The van der Waals surface area contributed by atoms with E-state index in [2.05, 4.69) is 15.5 Å². The normalized spacial score (nSPS) is 19.8. The third kappa shape index (κ3) is 2.59. The first-order valence-electron chi connectivity index (χ1n) is 8.19. The number of urea groups is 1. The second-order valence-corrected chi connectivity index (χ2v) is 6.75. The van der Waals surface area contributed by atoms with Crippen molar-refractivity contribution in [2.45, 2.75) is 25.4 Å². The number of benzene rings is 1. The summed E-state index contributed by atoms with van der Waals surface area (Å²) in [6.07, 6.45) is 0.447. The lowest BCUT2D eigenvalue weighted by Gasteiger charge is -2.25. The van der Waals surface area contributed by atoms with E-state index in [1.165, 1.54) is 11.3 Å². The predicted octanol–water partition coefficient (Wildman–Crippen LogP) is 3.16. The first kappa shape index (κ1) is 16.5. The number of carbonyl (C=O) groups excluding carboxylic acids is 2. The Bertz CT molecular complexity index is 939. The van der Waals surface area contributed by atoms with Crippen LogP contribution in [0.2, 0.25) is 0 Å². The van der Waals surface area contributed by atoms with E-state index in [4.69, 9.17) is 4.52 Å². The first-order valence-corrected chi connectivity index (χ1v) is 9.13. The second kappa shape index (κ2) is 6.38. The van der Waals surface area contributed by atoms with Gasteiger partial charge in [-0.1, -0.05) is 42.4 Å². The Kier molecular flexibility index (Phi) is 4.04. The Morgan fingerprint density at radius 3 is 2.73 bits per heavy atom. The van der Waals surface area contributed by atoms with Crippen LogP contribution in [0.5, 0.6) is 0 Å². The van der Waals surface area contributed by atoms with Crippen LogP contribution in [0.15, 0.2) is 51.7 Å². The molecule has 8 heteroatoms. The first-order chi connectivity index (χ1) is 12.6. The molecule has 1 aliphatic heterocycles. The maximum atomic E-state index is 13.1. The molecule has 1 saturated heterocycles.